The minimum absolute atomic E-state index is 0.191. The number of benzene rings is 1. The molecular weight excluding hydrogens is 230 g/mol. The van der Waals surface area contributed by atoms with Crippen LogP contribution in [0.25, 0.3) is 0 Å². The lowest BCUT2D eigenvalue weighted by molar-refractivity contribution is -0.153. The van der Waals surface area contributed by atoms with Crippen LogP contribution in [0, 0.1) is 0 Å². The van der Waals surface area contributed by atoms with Gasteiger partial charge >= 0.3 is 5.97 Å². The van der Waals surface area contributed by atoms with Crippen LogP contribution < -0.4 is 5.32 Å². The summed E-state index contributed by atoms with van der Waals surface area (Å²) in [4.78, 5) is 23.2. The molecule has 0 aromatic heterocycles. The molecule has 0 aliphatic carbocycles. The van der Waals surface area contributed by atoms with Crippen molar-refractivity contribution in [2.24, 2.45) is 0 Å². The SMILES string of the molecule is C=CCC(Nc1ccccc1)C(=O)C(=O)OCC. The van der Waals surface area contributed by atoms with Crippen LogP contribution in [0.5, 0.6) is 0 Å². The second kappa shape index (κ2) is 7.27. The lowest BCUT2D eigenvalue weighted by Crippen LogP contribution is -2.35. The van der Waals surface area contributed by atoms with Crippen LogP contribution in [0.2, 0.25) is 0 Å². The molecule has 0 aliphatic heterocycles. The molecule has 1 atom stereocenters. The highest BCUT2D eigenvalue weighted by Gasteiger charge is 2.25. The van der Waals surface area contributed by atoms with Crippen LogP contribution in [0.3, 0.4) is 0 Å². The molecule has 0 fully saturated rings. The van der Waals surface area contributed by atoms with Gasteiger partial charge in [0, 0.05) is 5.69 Å². The Morgan fingerprint density at radius 3 is 2.61 bits per heavy atom. The van der Waals surface area contributed by atoms with Crippen LogP contribution in [0.4, 0.5) is 5.69 Å². The molecule has 0 spiro atoms. The van der Waals surface area contributed by atoms with Crippen LogP contribution in [0.1, 0.15) is 13.3 Å². The molecule has 1 unspecified atom stereocenters. The molecule has 4 heteroatoms. The monoisotopic (exact) mass is 247 g/mol. The van der Waals surface area contributed by atoms with Gasteiger partial charge in [0.25, 0.3) is 5.78 Å². The molecule has 96 valence electrons. The molecule has 0 radical (unpaired) electrons. The van der Waals surface area contributed by atoms with Crippen molar-refractivity contribution in [1.29, 1.82) is 0 Å². The first-order chi connectivity index (χ1) is 8.69. The van der Waals surface area contributed by atoms with E-state index in [1.54, 1.807) is 13.0 Å². The fourth-order valence-electron chi connectivity index (χ4n) is 1.48. The second-order valence-corrected chi connectivity index (χ2v) is 3.67. The zero-order chi connectivity index (χ0) is 13.4. The Kier molecular flexibility index (Phi) is 5.64. The fraction of sp³-hybridized carbons (Fsp3) is 0.286. The van der Waals surface area contributed by atoms with E-state index in [-0.39, 0.29) is 6.61 Å². The summed E-state index contributed by atoms with van der Waals surface area (Å²) in [6.07, 6.45) is 1.96. The smallest absolute Gasteiger partial charge is 0.376 e. The lowest BCUT2D eigenvalue weighted by atomic mass is 10.1. The minimum Gasteiger partial charge on any atom is -0.460 e. The van der Waals surface area contributed by atoms with E-state index in [0.29, 0.717) is 6.42 Å². The molecular formula is C14H17NO3. The molecule has 0 bridgehead atoms. The summed E-state index contributed by atoms with van der Waals surface area (Å²) in [6, 6.07) is 8.60. The van der Waals surface area contributed by atoms with Crippen molar-refractivity contribution < 1.29 is 14.3 Å². The molecule has 0 saturated carbocycles. The summed E-state index contributed by atoms with van der Waals surface area (Å²) < 4.78 is 4.71. The van der Waals surface area contributed by atoms with Crippen molar-refractivity contribution in [3.05, 3.63) is 43.0 Å². The maximum Gasteiger partial charge on any atom is 0.376 e. The van der Waals surface area contributed by atoms with E-state index in [4.69, 9.17) is 4.74 Å². The zero-order valence-corrected chi connectivity index (χ0v) is 10.4. The molecule has 1 aromatic rings. The minimum atomic E-state index is -0.812. The Balaban J connectivity index is 2.73. The third-order valence-corrected chi connectivity index (χ3v) is 2.31. The predicted octanol–water partition coefficient (Wildman–Crippen LogP) is 2.18. The lowest BCUT2D eigenvalue weighted by Gasteiger charge is -2.16. The summed E-state index contributed by atoms with van der Waals surface area (Å²) >= 11 is 0. The van der Waals surface area contributed by atoms with Crippen LogP contribution in [0.15, 0.2) is 43.0 Å². The Labute approximate surface area is 107 Å². The number of para-hydroxylation sites is 1. The first kappa shape index (κ1) is 14.0. The van der Waals surface area contributed by atoms with Crippen molar-refractivity contribution in [2.45, 2.75) is 19.4 Å². The van der Waals surface area contributed by atoms with Crippen molar-refractivity contribution >= 4 is 17.4 Å². The largest absolute Gasteiger partial charge is 0.460 e. The molecule has 1 aromatic carbocycles. The van der Waals surface area contributed by atoms with Gasteiger partial charge in [-0.1, -0.05) is 24.3 Å². The molecule has 18 heavy (non-hydrogen) atoms. The second-order valence-electron chi connectivity index (χ2n) is 3.67. The highest BCUT2D eigenvalue weighted by atomic mass is 16.5. The average Bonchev–Trinajstić information content (AvgIpc) is 2.39. The Morgan fingerprint density at radius 1 is 1.39 bits per heavy atom. The van der Waals surface area contributed by atoms with Gasteiger partial charge in [-0.3, -0.25) is 4.79 Å². The molecule has 1 rings (SSSR count). The highest BCUT2D eigenvalue weighted by Crippen LogP contribution is 2.10. The average molecular weight is 247 g/mol. The van der Waals surface area contributed by atoms with Gasteiger partial charge in [0.05, 0.1) is 6.61 Å². The van der Waals surface area contributed by atoms with Gasteiger partial charge < -0.3 is 10.1 Å². The Bertz CT molecular complexity index is 414. The van der Waals surface area contributed by atoms with Crippen molar-refractivity contribution in [3.63, 3.8) is 0 Å². The van der Waals surface area contributed by atoms with Crippen molar-refractivity contribution in [1.82, 2.24) is 0 Å². The quantitative estimate of drug-likeness (QED) is 0.456. The molecule has 4 nitrogen and oxygen atoms in total. The number of ketones is 1. The van der Waals surface area contributed by atoms with E-state index in [1.165, 1.54) is 0 Å². The standard InChI is InChI=1S/C14H17NO3/c1-3-8-12(13(16)14(17)18-4-2)15-11-9-6-5-7-10-11/h3,5-7,9-10,12,15H,1,4,8H2,2H3. The van der Waals surface area contributed by atoms with E-state index in [0.717, 1.165) is 5.69 Å². The van der Waals surface area contributed by atoms with Crippen LogP contribution in [-0.2, 0) is 14.3 Å². The summed E-state index contributed by atoms with van der Waals surface area (Å²) in [5.41, 5.74) is 0.780. The van der Waals surface area contributed by atoms with E-state index in [9.17, 15) is 9.59 Å². The third kappa shape index (κ3) is 4.05. The molecule has 1 N–H and O–H groups in total. The summed E-state index contributed by atoms with van der Waals surface area (Å²) in [5, 5.41) is 3.00. The van der Waals surface area contributed by atoms with Crippen LogP contribution in [-0.4, -0.2) is 24.4 Å². The van der Waals surface area contributed by atoms with Gasteiger partial charge in [-0.2, -0.15) is 0 Å². The molecule has 0 saturated heterocycles. The van der Waals surface area contributed by atoms with Crippen molar-refractivity contribution in [3.8, 4) is 0 Å². The maximum absolute atomic E-state index is 11.8. The molecule has 0 heterocycles. The van der Waals surface area contributed by atoms with Gasteiger partial charge in [0.1, 0.15) is 6.04 Å². The van der Waals surface area contributed by atoms with Gasteiger partial charge in [-0.25, -0.2) is 4.79 Å². The highest BCUT2D eigenvalue weighted by molar-refractivity contribution is 6.36. The van der Waals surface area contributed by atoms with E-state index in [2.05, 4.69) is 11.9 Å². The Hall–Kier alpha value is -2.10. The topological polar surface area (TPSA) is 55.4 Å². The number of carbonyl (C=O) groups excluding carboxylic acids is 2. The van der Waals surface area contributed by atoms with Crippen molar-refractivity contribution in [2.75, 3.05) is 11.9 Å². The number of Topliss-reactive ketones (excluding diaryl/α,β-unsaturated/α-hetero) is 1. The van der Waals surface area contributed by atoms with E-state index in [1.807, 2.05) is 30.3 Å². The number of rotatable bonds is 7. The number of hydrogen-bond donors (Lipinski definition) is 1. The third-order valence-electron chi connectivity index (χ3n) is 2.31. The number of hydrogen-bond acceptors (Lipinski definition) is 4. The number of nitrogens with one attached hydrogen (secondary N) is 1. The first-order valence-electron chi connectivity index (χ1n) is 5.82. The molecule has 0 aliphatic rings. The summed E-state index contributed by atoms with van der Waals surface area (Å²) in [7, 11) is 0. The maximum atomic E-state index is 11.8. The van der Waals surface area contributed by atoms with Gasteiger partial charge in [-0.15, -0.1) is 6.58 Å². The van der Waals surface area contributed by atoms with Crippen LogP contribution >= 0.6 is 0 Å². The number of carbonyl (C=O) groups is 2. The first-order valence-corrected chi connectivity index (χ1v) is 5.82. The predicted molar refractivity (Wildman–Crippen MR) is 70.3 cm³/mol. The van der Waals surface area contributed by atoms with E-state index >= 15 is 0 Å². The number of ether oxygens (including phenoxy) is 1. The summed E-state index contributed by atoms with van der Waals surface area (Å²) in [6.45, 7) is 5.44. The zero-order valence-electron chi connectivity index (χ0n) is 10.4. The number of esters is 1. The number of anilines is 1. The Morgan fingerprint density at radius 2 is 2.06 bits per heavy atom. The molecule has 0 amide bonds. The van der Waals surface area contributed by atoms with Gasteiger partial charge in [-0.05, 0) is 25.5 Å². The van der Waals surface area contributed by atoms with Gasteiger partial charge in [0.15, 0.2) is 0 Å². The van der Waals surface area contributed by atoms with Gasteiger partial charge in [0.2, 0.25) is 0 Å². The van der Waals surface area contributed by atoms with E-state index < -0.39 is 17.8 Å². The summed E-state index contributed by atoms with van der Waals surface area (Å²) in [5.74, 6) is -1.40. The normalized spacial score (nSPS) is 11.4. The fourth-order valence-corrected chi connectivity index (χ4v) is 1.48.